The van der Waals surface area contributed by atoms with Crippen LogP contribution >= 0.6 is 7.94 Å². The normalized spacial score (nSPS) is 11.5. The molecule has 0 atom stereocenters. The molecule has 0 aliphatic heterocycles. The van der Waals surface area contributed by atoms with E-state index < -0.39 is 7.94 Å². The Labute approximate surface area is 90.7 Å². The maximum atomic E-state index is 5.35. The quantitative estimate of drug-likeness (QED) is 0.726. The standard InChI is InChI=1S/C10H16O4P/c1-11-9-7-5-6-8-10(9)15(12-2,13-3)14-4/h5-8H,1-4H3/q+1. The zero-order valence-electron chi connectivity index (χ0n) is 9.39. The summed E-state index contributed by atoms with van der Waals surface area (Å²) in [6.45, 7) is 0. The molecule has 1 aromatic carbocycles. The molecular weight excluding hydrogens is 215 g/mol. The molecule has 0 unspecified atom stereocenters. The Bertz CT molecular complexity index is 304. The zero-order chi connectivity index (χ0) is 11.3. The number of para-hydroxylation sites is 1. The van der Waals surface area contributed by atoms with E-state index in [9.17, 15) is 0 Å². The Morgan fingerprint density at radius 2 is 1.40 bits per heavy atom. The van der Waals surface area contributed by atoms with Gasteiger partial charge in [0.2, 0.25) is 5.30 Å². The van der Waals surface area contributed by atoms with E-state index in [4.69, 9.17) is 18.3 Å². The first-order valence-corrected chi connectivity index (χ1v) is 5.98. The maximum absolute atomic E-state index is 5.35. The van der Waals surface area contributed by atoms with Crippen molar-refractivity contribution in [2.45, 2.75) is 0 Å². The number of hydrogen-bond donors (Lipinski definition) is 0. The molecule has 0 saturated heterocycles. The summed E-state index contributed by atoms with van der Waals surface area (Å²) in [4.78, 5) is 0. The largest absolute Gasteiger partial charge is 0.492 e. The smallest absolute Gasteiger partial charge is 0.451 e. The molecule has 0 N–H and O–H groups in total. The highest BCUT2D eigenvalue weighted by molar-refractivity contribution is 7.69. The fraction of sp³-hybridized carbons (Fsp3) is 0.400. The Morgan fingerprint density at radius 1 is 0.867 bits per heavy atom. The van der Waals surface area contributed by atoms with E-state index in [1.165, 1.54) is 0 Å². The van der Waals surface area contributed by atoms with E-state index in [0.717, 1.165) is 5.30 Å². The highest BCUT2D eigenvalue weighted by atomic mass is 31.2. The summed E-state index contributed by atoms with van der Waals surface area (Å²) in [5.41, 5.74) is 0. The minimum absolute atomic E-state index is 0.705. The first-order valence-electron chi connectivity index (χ1n) is 4.44. The third-order valence-electron chi connectivity index (χ3n) is 2.10. The highest BCUT2D eigenvalue weighted by Crippen LogP contribution is 2.60. The van der Waals surface area contributed by atoms with Gasteiger partial charge in [0.05, 0.1) is 28.4 Å². The fourth-order valence-electron chi connectivity index (χ4n) is 1.37. The van der Waals surface area contributed by atoms with Crippen molar-refractivity contribution in [3.05, 3.63) is 24.3 Å². The van der Waals surface area contributed by atoms with Crippen LogP contribution in [-0.4, -0.2) is 28.4 Å². The second-order valence-electron chi connectivity index (χ2n) is 2.72. The van der Waals surface area contributed by atoms with Gasteiger partial charge in [-0.25, -0.2) is 0 Å². The van der Waals surface area contributed by atoms with Gasteiger partial charge in [0.1, 0.15) is 0 Å². The lowest BCUT2D eigenvalue weighted by Gasteiger charge is -2.18. The van der Waals surface area contributed by atoms with Crippen molar-refractivity contribution in [2.75, 3.05) is 28.4 Å². The Morgan fingerprint density at radius 3 is 1.87 bits per heavy atom. The summed E-state index contributed by atoms with van der Waals surface area (Å²) in [6, 6.07) is 7.51. The SMILES string of the molecule is COc1ccccc1[P+](OC)(OC)OC. The third kappa shape index (κ3) is 2.29. The van der Waals surface area contributed by atoms with E-state index in [1.54, 1.807) is 28.4 Å². The highest BCUT2D eigenvalue weighted by Gasteiger charge is 2.47. The summed E-state index contributed by atoms with van der Waals surface area (Å²) >= 11 is 0. The molecule has 0 aliphatic rings. The molecule has 84 valence electrons. The van der Waals surface area contributed by atoms with Crippen molar-refractivity contribution in [2.24, 2.45) is 0 Å². The van der Waals surface area contributed by atoms with Crippen molar-refractivity contribution in [1.82, 2.24) is 0 Å². The molecule has 0 aromatic heterocycles. The zero-order valence-corrected chi connectivity index (χ0v) is 10.3. The molecule has 0 amide bonds. The number of methoxy groups -OCH3 is 1. The lowest BCUT2D eigenvalue weighted by Crippen LogP contribution is -2.17. The van der Waals surface area contributed by atoms with E-state index in [0.29, 0.717) is 5.75 Å². The van der Waals surface area contributed by atoms with Gasteiger partial charge < -0.3 is 4.74 Å². The topological polar surface area (TPSA) is 36.9 Å². The molecule has 0 saturated carbocycles. The van der Waals surface area contributed by atoms with Gasteiger partial charge in [-0.3, -0.25) is 0 Å². The fourth-order valence-corrected chi connectivity index (χ4v) is 3.12. The van der Waals surface area contributed by atoms with Gasteiger partial charge in [0.15, 0.2) is 5.75 Å². The molecule has 0 fully saturated rings. The predicted molar refractivity (Wildman–Crippen MR) is 60.6 cm³/mol. The van der Waals surface area contributed by atoms with Gasteiger partial charge in [-0.1, -0.05) is 12.1 Å². The van der Waals surface area contributed by atoms with Crippen LogP contribution in [0, 0.1) is 0 Å². The molecule has 0 bridgehead atoms. The van der Waals surface area contributed by atoms with Crippen molar-refractivity contribution in [3.8, 4) is 5.75 Å². The van der Waals surface area contributed by atoms with Crippen molar-refractivity contribution < 1.29 is 18.3 Å². The number of ether oxygens (including phenoxy) is 1. The van der Waals surface area contributed by atoms with E-state index in [1.807, 2.05) is 24.3 Å². The first kappa shape index (κ1) is 12.4. The van der Waals surface area contributed by atoms with Crippen LogP contribution in [0.2, 0.25) is 0 Å². The van der Waals surface area contributed by atoms with Gasteiger partial charge in [-0.15, -0.1) is 0 Å². The van der Waals surface area contributed by atoms with Gasteiger partial charge in [0.25, 0.3) is 0 Å². The summed E-state index contributed by atoms with van der Waals surface area (Å²) in [7, 11) is 3.82. The molecule has 1 aromatic rings. The molecule has 1 rings (SSSR count). The average molecular weight is 231 g/mol. The first-order chi connectivity index (χ1) is 7.24. The van der Waals surface area contributed by atoms with Crippen LogP contribution in [0.25, 0.3) is 0 Å². The summed E-state index contributed by atoms with van der Waals surface area (Å²) in [5, 5.41) is 0.806. The second-order valence-corrected chi connectivity index (χ2v) is 5.29. The lowest BCUT2D eigenvalue weighted by atomic mass is 10.3. The Hall–Kier alpha value is -0.670. The third-order valence-corrected chi connectivity index (χ3v) is 4.50. The number of rotatable bonds is 5. The Balaban J connectivity index is 3.21. The van der Waals surface area contributed by atoms with Gasteiger partial charge in [-0.2, -0.15) is 13.6 Å². The molecule has 0 heterocycles. The molecule has 0 spiro atoms. The van der Waals surface area contributed by atoms with Crippen LogP contribution < -0.4 is 10.0 Å². The van der Waals surface area contributed by atoms with Crippen molar-refractivity contribution in [1.29, 1.82) is 0 Å². The van der Waals surface area contributed by atoms with Crippen LogP contribution in [0.5, 0.6) is 5.75 Å². The monoisotopic (exact) mass is 231 g/mol. The predicted octanol–water partition coefficient (Wildman–Crippen LogP) is 2.02. The minimum Gasteiger partial charge on any atom is -0.492 e. The average Bonchev–Trinajstić information content (AvgIpc) is 2.33. The number of benzene rings is 1. The van der Waals surface area contributed by atoms with Gasteiger partial charge >= 0.3 is 7.94 Å². The molecule has 4 nitrogen and oxygen atoms in total. The van der Waals surface area contributed by atoms with Gasteiger partial charge in [-0.05, 0) is 12.1 Å². The molecule has 0 radical (unpaired) electrons. The van der Waals surface area contributed by atoms with Crippen LogP contribution in [0.3, 0.4) is 0 Å². The van der Waals surface area contributed by atoms with Crippen LogP contribution in [0.4, 0.5) is 0 Å². The molecule has 0 aliphatic carbocycles. The van der Waals surface area contributed by atoms with Crippen LogP contribution in [-0.2, 0) is 13.6 Å². The summed E-state index contributed by atoms with van der Waals surface area (Å²) < 4.78 is 21.3. The maximum Gasteiger partial charge on any atom is 0.451 e. The molecule has 15 heavy (non-hydrogen) atoms. The number of hydrogen-bond acceptors (Lipinski definition) is 4. The Kier molecular flexibility index (Phi) is 4.48. The lowest BCUT2D eigenvalue weighted by molar-refractivity contribution is 0.221. The second kappa shape index (κ2) is 5.42. The van der Waals surface area contributed by atoms with E-state index in [2.05, 4.69) is 0 Å². The summed E-state index contributed by atoms with van der Waals surface area (Å²) in [5.74, 6) is 0.705. The minimum atomic E-state index is -2.47. The van der Waals surface area contributed by atoms with Gasteiger partial charge in [0, 0.05) is 0 Å². The summed E-state index contributed by atoms with van der Waals surface area (Å²) in [6.07, 6.45) is 0. The van der Waals surface area contributed by atoms with Crippen LogP contribution in [0.15, 0.2) is 24.3 Å². The van der Waals surface area contributed by atoms with E-state index in [-0.39, 0.29) is 0 Å². The molecule has 5 heteroatoms. The van der Waals surface area contributed by atoms with Crippen LogP contribution in [0.1, 0.15) is 0 Å². The van der Waals surface area contributed by atoms with E-state index >= 15 is 0 Å². The molecular formula is C10H16O4P+. The van der Waals surface area contributed by atoms with Crippen molar-refractivity contribution >= 4 is 13.2 Å². The van der Waals surface area contributed by atoms with Crippen molar-refractivity contribution in [3.63, 3.8) is 0 Å².